The minimum Gasteiger partial charge on any atom is -0.375 e. The molecular formula is C15H13BrF2N2O. The van der Waals surface area contributed by atoms with Crippen LogP contribution in [0.25, 0.3) is 0 Å². The van der Waals surface area contributed by atoms with Gasteiger partial charge in [0, 0.05) is 10.2 Å². The fourth-order valence-corrected chi connectivity index (χ4v) is 2.14. The van der Waals surface area contributed by atoms with Crippen molar-refractivity contribution >= 4 is 33.2 Å². The summed E-state index contributed by atoms with van der Waals surface area (Å²) >= 11 is 3.36. The molecule has 0 aliphatic heterocycles. The highest BCUT2D eigenvalue weighted by molar-refractivity contribution is 9.10. The third-order valence-corrected chi connectivity index (χ3v) is 3.48. The summed E-state index contributed by atoms with van der Waals surface area (Å²) in [5, 5.41) is 5.12. The molecule has 6 heteroatoms. The molecule has 0 unspecified atom stereocenters. The summed E-state index contributed by atoms with van der Waals surface area (Å²) in [6, 6.07) is 9.05. The van der Waals surface area contributed by atoms with Gasteiger partial charge in [-0.2, -0.15) is 0 Å². The van der Waals surface area contributed by atoms with Gasteiger partial charge in [0.25, 0.3) is 0 Å². The van der Waals surface area contributed by atoms with Crippen LogP contribution in [0, 0.1) is 18.6 Å². The van der Waals surface area contributed by atoms with Crippen LogP contribution in [0.1, 0.15) is 5.56 Å². The Morgan fingerprint density at radius 3 is 2.52 bits per heavy atom. The average molecular weight is 355 g/mol. The van der Waals surface area contributed by atoms with Gasteiger partial charge >= 0.3 is 0 Å². The molecule has 0 aromatic heterocycles. The van der Waals surface area contributed by atoms with E-state index in [9.17, 15) is 13.6 Å². The maximum Gasteiger partial charge on any atom is 0.243 e. The highest BCUT2D eigenvalue weighted by Gasteiger charge is 2.12. The van der Waals surface area contributed by atoms with Crippen LogP contribution in [0.2, 0.25) is 0 Å². The van der Waals surface area contributed by atoms with Gasteiger partial charge in [-0.3, -0.25) is 4.79 Å². The lowest BCUT2D eigenvalue weighted by Gasteiger charge is -2.11. The van der Waals surface area contributed by atoms with Crippen molar-refractivity contribution in [1.29, 1.82) is 0 Å². The maximum atomic E-state index is 13.4. The van der Waals surface area contributed by atoms with Gasteiger partial charge in [0.1, 0.15) is 17.3 Å². The molecule has 0 saturated carbocycles. The van der Waals surface area contributed by atoms with Crippen molar-refractivity contribution in [2.75, 3.05) is 17.2 Å². The van der Waals surface area contributed by atoms with Crippen LogP contribution < -0.4 is 10.6 Å². The molecule has 2 aromatic carbocycles. The Morgan fingerprint density at radius 1 is 1.19 bits per heavy atom. The second-order valence-corrected chi connectivity index (χ2v) is 5.34. The van der Waals surface area contributed by atoms with Gasteiger partial charge < -0.3 is 10.6 Å². The quantitative estimate of drug-likeness (QED) is 0.868. The Labute approximate surface area is 129 Å². The predicted octanol–water partition coefficient (Wildman–Crippen LogP) is 4.09. The smallest absolute Gasteiger partial charge is 0.243 e. The molecule has 0 atom stereocenters. The van der Waals surface area contributed by atoms with Gasteiger partial charge in [-0.05, 0) is 52.7 Å². The van der Waals surface area contributed by atoms with E-state index in [1.807, 2.05) is 25.1 Å². The molecule has 2 N–H and O–H groups in total. The van der Waals surface area contributed by atoms with Crippen molar-refractivity contribution in [2.45, 2.75) is 6.92 Å². The monoisotopic (exact) mass is 354 g/mol. The lowest BCUT2D eigenvalue weighted by atomic mass is 10.2. The van der Waals surface area contributed by atoms with Crippen LogP contribution >= 0.6 is 15.9 Å². The van der Waals surface area contributed by atoms with Crippen molar-refractivity contribution in [3.8, 4) is 0 Å². The number of halogens is 3. The summed E-state index contributed by atoms with van der Waals surface area (Å²) in [5.74, 6) is -2.15. The standard InChI is InChI=1S/C15H13BrF2N2O/c1-9-5-6-10(16)13(7-9)19-8-14(21)20-15-11(17)3-2-4-12(15)18/h2-7,19H,8H2,1H3,(H,20,21). The van der Waals surface area contributed by atoms with Gasteiger partial charge in [-0.15, -0.1) is 0 Å². The molecule has 0 saturated heterocycles. The molecule has 0 heterocycles. The molecule has 1 amide bonds. The number of hydrogen-bond donors (Lipinski definition) is 2. The van der Waals surface area contributed by atoms with Gasteiger partial charge in [-0.25, -0.2) is 8.78 Å². The summed E-state index contributed by atoms with van der Waals surface area (Å²) in [6.07, 6.45) is 0. The average Bonchev–Trinajstić information content (AvgIpc) is 2.44. The van der Waals surface area contributed by atoms with Crippen molar-refractivity contribution in [1.82, 2.24) is 0 Å². The Kier molecular flexibility index (Phi) is 4.90. The van der Waals surface area contributed by atoms with Crippen LogP contribution in [-0.4, -0.2) is 12.5 Å². The third-order valence-electron chi connectivity index (χ3n) is 2.79. The van der Waals surface area contributed by atoms with E-state index in [-0.39, 0.29) is 6.54 Å². The van der Waals surface area contributed by atoms with Crippen LogP contribution in [0.5, 0.6) is 0 Å². The third kappa shape index (κ3) is 4.01. The van der Waals surface area contributed by atoms with E-state index < -0.39 is 23.2 Å². The highest BCUT2D eigenvalue weighted by atomic mass is 79.9. The van der Waals surface area contributed by atoms with E-state index in [4.69, 9.17) is 0 Å². The molecule has 21 heavy (non-hydrogen) atoms. The molecule has 3 nitrogen and oxygen atoms in total. The van der Waals surface area contributed by atoms with Gasteiger partial charge in [0.05, 0.1) is 6.54 Å². The van der Waals surface area contributed by atoms with Gasteiger partial charge in [0.15, 0.2) is 0 Å². The fraction of sp³-hybridized carbons (Fsp3) is 0.133. The summed E-state index contributed by atoms with van der Waals surface area (Å²) in [6.45, 7) is 1.82. The number of anilines is 2. The minimum absolute atomic E-state index is 0.101. The molecule has 110 valence electrons. The first-order valence-corrected chi connectivity index (χ1v) is 7.00. The summed E-state index contributed by atoms with van der Waals surface area (Å²) in [4.78, 5) is 11.8. The van der Waals surface area contributed by atoms with Crippen molar-refractivity contribution in [3.63, 3.8) is 0 Å². The molecule has 2 aromatic rings. The first-order valence-electron chi connectivity index (χ1n) is 6.21. The molecule has 0 aliphatic rings. The first-order chi connectivity index (χ1) is 9.97. The number of para-hydroxylation sites is 1. The second kappa shape index (κ2) is 6.67. The van der Waals surface area contributed by atoms with Crippen LogP contribution in [0.4, 0.5) is 20.2 Å². The van der Waals surface area contributed by atoms with Crippen molar-refractivity contribution in [2.24, 2.45) is 0 Å². The SMILES string of the molecule is Cc1ccc(Br)c(NCC(=O)Nc2c(F)cccc2F)c1. The number of carbonyl (C=O) groups excluding carboxylic acids is 1. The van der Waals surface area contributed by atoms with Crippen LogP contribution in [0.3, 0.4) is 0 Å². The highest BCUT2D eigenvalue weighted by Crippen LogP contribution is 2.23. The molecule has 0 radical (unpaired) electrons. The summed E-state index contributed by atoms with van der Waals surface area (Å²) in [7, 11) is 0. The lowest BCUT2D eigenvalue weighted by molar-refractivity contribution is -0.114. The first kappa shape index (κ1) is 15.4. The number of carbonyl (C=O) groups is 1. The Balaban J connectivity index is 2.01. The minimum atomic E-state index is -0.805. The number of benzene rings is 2. The maximum absolute atomic E-state index is 13.4. The zero-order valence-electron chi connectivity index (χ0n) is 11.2. The van der Waals surface area contributed by atoms with Crippen LogP contribution in [0.15, 0.2) is 40.9 Å². The van der Waals surface area contributed by atoms with E-state index in [0.29, 0.717) is 0 Å². The van der Waals surface area contributed by atoms with E-state index in [2.05, 4.69) is 26.6 Å². The molecular weight excluding hydrogens is 342 g/mol. The predicted molar refractivity (Wildman–Crippen MR) is 82.4 cm³/mol. The van der Waals surface area contributed by atoms with E-state index >= 15 is 0 Å². The number of rotatable bonds is 4. The van der Waals surface area contributed by atoms with Crippen molar-refractivity contribution < 1.29 is 13.6 Å². The molecule has 0 aliphatic carbocycles. The van der Waals surface area contributed by atoms with E-state index in [1.54, 1.807) is 0 Å². The fourth-order valence-electron chi connectivity index (χ4n) is 1.75. The number of nitrogens with one attached hydrogen (secondary N) is 2. The normalized spacial score (nSPS) is 10.3. The number of hydrogen-bond acceptors (Lipinski definition) is 2. The zero-order valence-corrected chi connectivity index (χ0v) is 12.8. The molecule has 2 rings (SSSR count). The molecule has 0 bridgehead atoms. The molecule has 0 fully saturated rings. The summed E-state index contributed by atoms with van der Waals surface area (Å²) in [5.41, 5.74) is 1.33. The lowest BCUT2D eigenvalue weighted by Crippen LogP contribution is -2.23. The van der Waals surface area contributed by atoms with Gasteiger partial charge in [-0.1, -0.05) is 12.1 Å². The molecule has 0 spiro atoms. The second-order valence-electron chi connectivity index (χ2n) is 4.48. The Bertz CT molecular complexity index is 656. The Hall–Kier alpha value is -1.95. The van der Waals surface area contributed by atoms with E-state index in [1.165, 1.54) is 6.07 Å². The van der Waals surface area contributed by atoms with E-state index in [0.717, 1.165) is 27.9 Å². The van der Waals surface area contributed by atoms with Gasteiger partial charge in [0.2, 0.25) is 5.91 Å². The largest absolute Gasteiger partial charge is 0.375 e. The topological polar surface area (TPSA) is 41.1 Å². The Morgan fingerprint density at radius 2 is 1.86 bits per heavy atom. The van der Waals surface area contributed by atoms with Crippen LogP contribution in [-0.2, 0) is 4.79 Å². The van der Waals surface area contributed by atoms with Crippen molar-refractivity contribution in [3.05, 3.63) is 58.1 Å². The number of aryl methyl sites for hydroxylation is 1. The summed E-state index contributed by atoms with van der Waals surface area (Å²) < 4.78 is 27.6. The zero-order chi connectivity index (χ0) is 15.4. The number of amides is 1.